The molecule has 0 bridgehead atoms. The van der Waals surface area contributed by atoms with Gasteiger partial charge in [-0.1, -0.05) is 19.1 Å². The van der Waals surface area contributed by atoms with Gasteiger partial charge in [0, 0.05) is 12.8 Å². The van der Waals surface area contributed by atoms with Gasteiger partial charge in [0.2, 0.25) is 0 Å². The molecular formula is C13H16BrFO. The predicted octanol–water partition coefficient (Wildman–Crippen LogP) is 4.28. The van der Waals surface area contributed by atoms with E-state index in [1.165, 1.54) is 6.07 Å². The van der Waals surface area contributed by atoms with E-state index in [9.17, 15) is 9.18 Å². The van der Waals surface area contributed by atoms with Crippen LogP contribution in [0.15, 0.2) is 22.7 Å². The van der Waals surface area contributed by atoms with E-state index in [-0.39, 0.29) is 5.82 Å². The number of benzene rings is 1. The van der Waals surface area contributed by atoms with Gasteiger partial charge < -0.3 is 0 Å². The highest BCUT2D eigenvalue weighted by Crippen LogP contribution is 2.22. The molecule has 1 nitrogen and oxygen atoms in total. The molecule has 0 unspecified atom stereocenters. The summed E-state index contributed by atoms with van der Waals surface area (Å²) in [5, 5.41) is 0. The molecule has 0 amide bonds. The van der Waals surface area contributed by atoms with Crippen molar-refractivity contribution < 1.29 is 9.18 Å². The van der Waals surface area contributed by atoms with E-state index < -0.39 is 0 Å². The average Bonchev–Trinajstić information content (AvgIpc) is 2.25. The molecule has 0 N–H and O–H groups in total. The van der Waals surface area contributed by atoms with Crippen LogP contribution in [0, 0.1) is 5.82 Å². The van der Waals surface area contributed by atoms with Gasteiger partial charge in [-0.15, -0.1) is 0 Å². The zero-order valence-electron chi connectivity index (χ0n) is 9.43. The smallest absolute Gasteiger partial charge is 0.137 e. The Labute approximate surface area is 104 Å². The Morgan fingerprint density at radius 2 is 2.12 bits per heavy atom. The van der Waals surface area contributed by atoms with Gasteiger partial charge in [0.15, 0.2) is 0 Å². The van der Waals surface area contributed by atoms with E-state index in [4.69, 9.17) is 0 Å². The second kappa shape index (κ2) is 6.79. The van der Waals surface area contributed by atoms with Crippen LogP contribution < -0.4 is 0 Å². The van der Waals surface area contributed by atoms with Crippen LogP contribution in [0.25, 0.3) is 0 Å². The number of hydrogen-bond donors (Lipinski definition) is 0. The molecule has 0 saturated heterocycles. The molecule has 3 heteroatoms. The van der Waals surface area contributed by atoms with Crippen LogP contribution in [0.3, 0.4) is 0 Å². The van der Waals surface area contributed by atoms with E-state index in [0.29, 0.717) is 23.1 Å². The molecule has 0 spiro atoms. The number of carbonyl (C=O) groups excluding carboxylic acids is 1. The lowest BCUT2D eigenvalue weighted by Crippen LogP contribution is -1.98. The summed E-state index contributed by atoms with van der Waals surface area (Å²) in [5.74, 6) is 0.0624. The third kappa shape index (κ3) is 4.05. The second-order valence-electron chi connectivity index (χ2n) is 3.86. The van der Waals surface area contributed by atoms with Crippen molar-refractivity contribution in [2.24, 2.45) is 0 Å². The number of carbonyl (C=O) groups is 1. The van der Waals surface area contributed by atoms with Crippen LogP contribution >= 0.6 is 15.9 Å². The quantitative estimate of drug-likeness (QED) is 0.763. The Kier molecular flexibility index (Phi) is 5.67. The first-order valence-electron chi connectivity index (χ1n) is 5.59. The third-order valence-electron chi connectivity index (χ3n) is 2.46. The lowest BCUT2D eigenvalue weighted by molar-refractivity contribution is -0.119. The minimum atomic E-state index is -0.239. The number of ketones is 1. The van der Waals surface area contributed by atoms with Gasteiger partial charge in [0.05, 0.1) is 4.47 Å². The molecule has 1 rings (SSSR count). The lowest BCUT2D eigenvalue weighted by atomic mass is 10.0. The Hall–Kier alpha value is -0.700. The Balaban J connectivity index is 2.43. The van der Waals surface area contributed by atoms with Crippen LogP contribution in [-0.4, -0.2) is 5.78 Å². The summed E-state index contributed by atoms with van der Waals surface area (Å²) in [6.07, 6.45) is 3.69. The van der Waals surface area contributed by atoms with Gasteiger partial charge in [-0.3, -0.25) is 4.79 Å². The molecule has 0 aliphatic carbocycles. The molecule has 0 heterocycles. The molecule has 0 aliphatic heterocycles. The highest BCUT2D eigenvalue weighted by molar-refractivity contribution is 9.10. The standard InChI is InChI=1S/C13H16BrFO/c1-2-5-11(16)8-3-6-10-7-4-9-12(15)13(10)14/h4,7,9H,2-3,5-6,8H2,1H3. The van der Waals surface area contributed by atoms with E-state index >= 15 is 0 Å². The molecule has 0 aliphatic rings. The summed E-state index contributed by atoms with van der Waals surface area (Å²) < 4.78 is 13.7. The molecule has 88 valence electrons. The minimum absolute atomic E-state index is 0.239. The number of rotatable bonds is 6. The van der Waals surface area contributed by atoms with E-state index in [1.54, 1.807) is 6.07 Å². The van der Waals surface area contributed by atoms with Gasteiger partial charge in [0.25, 0.3) is 0 Å². The Morgan fingerprint density at radius 1 is 1.38 bits per heavy atom. The van der Waals surface area contributed by atoms with Crippen molar-refractivity contribution in [3.8, 4) is 0 Å². The molecule has 1 aromatic carbocycles. The predicted molar refractivity (Wildman–Crippen MR) is 67.0 cm³/mol. The molecular weight excluding hydrogens is 271 g/mol. The van der Waals surface area contributed by atoms with E-state index in [2.05, 4.69) is 15.9 Å². The van der Waals surface area contributed by atoms with Crippen LogP contribution in [0.5, 0.6) is 0 Å². The van der Waals surface area contributed by atoms with E-state index in [1.807, 2.05) is 13.0 Å². The molecule has 1 aromatic rings. The summed E-state index contributed by atoms with van der Waals surface area (Å²) in [6.45, 7) is 2.00. The number of Topliss-reactive ketones (excluding diaryl/α,β-unsaturated/α-hetero) is 1. The van der Waals surface area contributed by atoms with Crippen LogP contribution in [0.4, 0.5) is 4.39 Å². The Morgan fingerprint density at radius 3 is 2.81 bits per heavy atom. The van der Waals surface area contributed by atoms with Crippen molar-refractivity contribution in [2.75, 3.05) is 0 Å². The topological polar surface area (TPSA) is 17.1 Å². The first-order chi connectivity index (χ1) is 7.65. The van der Waals surface area contributed by atoms with Crippen LogP contribution in [0.2, 0.25) is 0 Å². The van der Waals surface area contributed by atoms with Gasteiger partial charge in [-0.25, -0.2) is 4.39 Å². The maximum absolute atomic E-state index is 13.2. The SMILES string of the molecule is CCCC(=O)CCCc1cccc(F)c1Br. The Bertz CT molecular complexity index is 363. The summed E-state index contributed by atoms with van der Waals surface area (Å²) >= 11 is 3.22. The molecule has 0 aromatic heterocycles. The highest BCUT2D eigenvalue weighted by atomic mass is 79.9. The maximum Gasteiger partial charge on any atom is 0.137 e. The van der Waals surface area contributed by atoms with Crippen molar-refractivity contribution >= 4 is 21.7 Å². The van der Waals surface area contributed by atoms with Crippen molar-refractivity contribution in [2.45, 2.75) is 39.0 Å². The summed E-state index contributed by atoms with van der Waals surface area (Å²) in [7, 11) is 0. The van der Waals surface area contributed by atoms with Crippen molar-refractivity contribution in [3.05, 3.63) is 34.1 Å². The zero-order valence-corrected chi connectivity index (χ0v) is 11.0. The number of halogens is 2. The van der Waals surface area contributed by atoms with Crippen molar-refractivity contribution in [1.82, 2.24) is 0 Å². The number of aryl methyl sites for hydroxylation is 1. The lowest BCUT2D eigenvalue weighted by Gasteiger charge is -2.04. The van der Waals surface area contributed by atoms with Crippen molar-refractivity contribution in [1.29, 1.82) is 0 Å². The summed E-state index contributed by atoms with van der Waals surface area (Å²) in [4.78, 5) is 11.3. The van der Waals surface area contributed by atoms with E-state index in [0.717, 1.165) is 24.8 Å². The van der Waals surface area contributed by atoms with Crippen LogP contribution in [-0.2, 0) is 11.2 Å². The molecule has 0 radical (unpaired) electrons. The molecule has 0 saturated carbocycles. The van der Waals surface area contributed by atoms with Gasteiger partial charge in [-0.2, -0.15) is 0 Å². The normalized spacial score (nSPS) is 10.4. The summed E-state index contributed by atoms with van der Waals surface area (Å²) in [5.41, 5.74) is 0.935. The third-order valence-corrected chi connectivity index (χ3v) is 3.35. The highest BCUT2D eigenvalue weighted by Gasteiger charge is 2.06. The van der Waals surface area contributed by atoms with Gasteiger partial charge >= 0.3 is 0 Å². The molecule has 0 atom stereocenters. The van der Waals surface area contributed by atoms with Crippen molar-refractivity contribution in [3.63, 3.8) is 0 Å². The molecule has 16 heavy (non-hydrogen) atoms. The number of hydrogen-bond acceptors (Lipinski definition) is 1. The maximum atomic E-state index is 13.2. The zero-order chi connectivity index (χ0) is 12.0. The fraction of sp³-hybridized carbons (Fsp3) is 0.462. The largest absolute Gasteiger partial charge is 0.300 e. The first-order valence-corrected chi connectivity index (χ1v) is 6.39. The minimum Gasteiger partial charge on any atom is -0.300 e. The van der Waals surface area contributed by atoms with Crippen LogP contribution in [0.1, 0.15) is 38.2 Å². The average molecular weight is 287 g/mol. The van der Waals surface area contributed by atoms with Gasteiger partial charge in [-0.05, 0) is 46.8 Å². The van der Waals surface area contributed by atoms with Gasteiger partial charge in [0.1, 0.15) is 11.6 Å². The fourth-order valence-corrected chi connectivity index (χ4v) is 2.08. The summed E-state index contributed by atoms with van der Waals surface area (Å²) in [6, 6.07) is 5.01. The fourth-order valence-electron chi connectivity index (χ4n) is 1.62. The first kappa shape index (κ1) is 13.4. The monoisotopic (exact) mass is 286 g/mol. The second-order valence-corrected chi connectivity index (χ2v) is 4.65. The molecule has 0 fully saturated rings.